The first kappa shape index (κ1) is 14.0. The summed E-state index contributed by atoms with van der Waals surface area (Å²) in [6.07, 6.45) is 3.27. The number of hydrogen-bond acceptors (Lipinski definition) is 3. The third-order valence-electron chi connectivity index (χ3n) is 2.41. The minimum Gasteiger partial charge on any atom is -0.494 e. The summed E-state index contributed by atoms with van der Waals surface area (Å²) in [5.41, 5.74) is 0.768. The summed E-state index contributed by atoms with van der Waals surface area (Å²) in [6, 6.07) is 4.85. The Hall–Kier alpha value is -1.10. The van der Waals surface area contributed by atoms with Gasteiger partial charge in [-0.15, -0.1) is 0 Å². The lowest BCUT2D eigenvalue weighted by Gasteiger charge is -2.06. The van der Waals surface area contributed by atoms with E-state index in [0.717, 1.165) is 24.6 Å². The Kier molecular flexibility index (Phi) is 5.97. The number of nitro groups is 1. The molecule has 0 atom stereocenters. The van der Waals surface area contributed by atoms with Gasteiger partial charge in [-0.25, -0.2) is 0 Å². The number of aryl methyl sites for hydroxylation is 1. The summed E-state index contributed by atoms with van der Waals surface area (Å²) in [5, 5.41) is 11.6. The van der Waals surface area contributed by atoms with Crippen molar-refractivity contribution in [1.29, 1.82) is 0 Å². The molecular formula is C12H16BrNO3. The predicted octanol–water partition coefficient (Wildman–Crippen LogP) is 3.85. The monoisotopic (exact) mass is 301 g/mol. The molecule has 0 spiro atoms. The fraction of sp³-hybridized carbons (Fsp3) is 0.500. The van der Waals surface area contributed by atoms with Crippen LogP contribution in [0.4, 0.5) is 5.69 Å². The maximum absolute atomic E-state index is 10.6. The fourth-order valence-corrected chi connectivity index (χ4v) is 1.88. The van der Waals surface area contributed by atoms with Gasteiger partial charge in [0.15, 0.2) is 0 Å². The molecule has 0 radical (unpaired) electrons. The van der Waals surface area contributed by atoms with Crippen LogP contribution < -0.4 is 4.74 Å². The number of hydrogen-bond donors (Lipinski definition) is 0. The molecule has 1 aromatic carbocycles. The Bertz CT molecular complexity index is 382. The van der Waals surface area contributed by atoms with Crippen molar-refractivity contribution in [2.24, 2.45) is 0 Å². The van der Waals surface area contributed by atoms with E-state index in [1.807, 2.05) is 0 Å². The summed E-state index contributed by atoms with van der Waals surface area (Å²) in [5.74, 6) is 0.701. The maximum Gasteiger partial charge on any atom is 0.272 e. The van der Waals surface area contributed by atoms with Gasteiger partial charge in [0.25, 0.3) is 5.69 Å². The highest BCUT2D eigenvalue weighted by molar-refractivity contribution is 9.09. The number of benzene rings is 1. The van der Waals surface area contributed by atoms with Crippen LogP contribution in [0, 0.1) is 17.0 Å². The first-order chi connectivity index (χ1) is 8.15. The molecule has 94 valence electrons. The normalized spacial score (nSPS) is 10.2. The van der Waals surface area contributed by atoms with Crippen LogP contribution in [-0.2, 0) is 0 Å². The number of alkyl halides is 1. The molecule has 1 aromatic rings. The van der Waals surface area contributed by atoms with Gasteiger partial charge in [-0.2, -0.15) is 0 Å². The van der Waals surface area contributed by atoms with E-state index < -0.39 is 0 Å². The molecule has 0 heterocycles. The topological polar surface area (TPSA) is 52.4 Å². The number of unbranched alkanes of at least 4 members (excludes halogenated alkanes) is 2. The van der Waals surface area contributed by atoms with Crippen molar-refractivity contribution in [3.05, 3.63) is 33.9 Å². The minimum atomic E-state index is -0.380. The van der Waals surface area contributed by atoms with Crippen LogP contribution in [0.2, 0.25) is 0 Å². The predicted molar refractivity (Wildman–Crippen MR) is 71.0 cm³/mol. The van der Waals surface area contributed by atoms with Gasteiger partial charge < -0.3 is 4.74 Å². The third kappa shape index (κ3) is 4.73. The molecule has 0 unspecified atom stereocenters. The van der Waals surface area contributed by atoms with Crippen LogP contribution in [0.25, 0.3) is 0 Å². The largest absolute Gasteiger partial charge is 0.494 e. The van der Waals surface area contributed by atoms with Crippen LogP contribution in [-0.4, -0.2) is 16.9 Å². The van der Waals surface area contributed by atoms with E-state index in [2.05, 4.69) is 15.9 Å². The molecule has 0 fully saturated rings. The molecule has 0 amide bonds. The Balaban J connectivity index is 2.45. The van der Waals surface area contributed by atoms with Crippen molar-refractivity contribution < 1.29 is 9.66 Å². The maximum atomic E-state index is 10.6. The van der Waals surface area contributed by atoms with E-state index >= 15 is 0 Å². The Morgan fingerprint density at radius 3 is 2.71 bits per heavy atom. The third-order valence-corrected chi connectivity index (χ3v) is 2.97. The number of nitro benzene ring substituents is 1. The second kappa shape index (κ2) is 7.27. The molecule has 4 nitrogen and oxygen atoms in total. The first-order valence-electron chi connectivity index (χ1n) is 5.59. The van der Waals surface area contributed by atoms with Gasteiger partial charge in [-0.05, 0) is 38.3 Å². The lowest BCUT2D eigenvalue weighted by Crippen LogP contribution is -1.98. The van der Waals surface area contributed by atoms with Gasteiger partial charge in [-0.3, -0.25) is 10.1 Å². The quantitative estimate of drug-likeness (QED) is 0.333. The minimum absolute atomic E-state index is 0.136. The van der Waals surface area contributed by atoms with Crippen molar-refractivity contribution in [2.45, 2.75) is 26.2 Å². The van der Waals surface area contributed by atoms with Crippen molar-refractivity contribution in [2.75, 3.05) is 11.9 Å². The standard InChI is InChI=1S/C12H16BrNO3/c1-10-9-11(5-6-12(10)14(15)16)17-8-4-2-3-7-13/h5-6,9H,2-4,7-8H2,1H3. The van der Waals surface area contributed by atoms with Crippen molar-refractivity contribution in [3.8, 4) is 5.75 Å². The summed E-state index contributed by atoms with van der Waals surface area (Å²) < 4.78 is 5.53. The van der Waals surface area contributed by atoms with Crippen LogP contribution in [0.1, 0.15) is 24.8 Å². The zero-order chi connectivity index (χ0) is 12.7. The van der Waals surface area contributed by atoms with Crippen molar-refractivity contribution >= 4 is 21.6 Å². The molecule has 0 aliphatic heterocycles. The van der Waals surface area contributed by atoms with Gasteiger partial charge in [0.1, 0.15) is 5.75 Å². The van der Waals surface area contributed by atoms with Gasteiger partial charge in [0, 0.05) is 17.0 Å². The molecule has 0 aliphatic carbocycles. The van der Waals surface area contributed by atoms with E-state index in [9.17, 15) is 10.1 Å². The Labute approximate surface area is 109 Å². The second-order valence-electron chi connectivity index (χ2n) is 3.80. The zero-order valence-corrected chi connectivity index (χ0v) is 11.4. The molecule has 5 heteroatoms. The lowest BCUT2D eigenvalue weighted by atomic mass is 10.2. The summed E-state index contributed by atoms with van der Waals surface area (Å²) >= 11 is 3.37. The molecule has 0 aromatic heterocycles. The highest BCUT2D eigenvalue weighted by Gasteiger charge is 2.10. The number of rotatable bonds is 7. The molecule has 1 rings (SSSR count). The van der Waals surface area contributed by atoms with E-state index in [1.54, 1.807) is 19.1 Å². The van der Waals surface area contributed by atoms with Gasteiger partial charge in [0.2, 0.25) is 0 Å². The summed E-state index contributed by atoms with van der Waals surface area (Å²) in [6.45, 7) is 2.38. The number of nitrogens with zero attached hydrogens (tertiary/aromatic N) is 1. The van der Waals surface area contributed by atoms with Crippen LogP contribution in [0.5, 0.6) is 5.75 Å². The van der Waals surface area contributed by atoms with Crippen molar-refractivity contribution in [3.63, 3.8) is 0 Å². The average molecular weight is 302 g/mol. The summed E-state index contributed by atoms with van der Waals surface area (Å²) in [4.78, 5) is 10.2. The molecular weight excluding hydrogens is 286 g/mol. The SMILES string of the molecule is Cc1cc(OCCCCCBr)ccc1[N+](=O)[O-]. The smallest absolute Gasteiger partial charge is 0.272 e. The molecule has 0 aliphatic rings. The Morgan fingerprint density at radius 2 is 2.12 bits per heavy atom. The Morgan fingerprint density at radius 1 is 1.35 bits per heavy atom. The zero-order valence-electron chi connectivity index (χ0n) is 9.82. The molecule has 0 saturated heterocycles. The molecule has 0 bridgehead atoms. The molecule has 17 heavy (non-hydrogen) atoms. The van der Waals surface area contributed by atoms with Crippen LogP contribution >= 0.6 is 15.9 Å². The van der Waals surface area contributed by atoms with Gasteiger partial charge in [-0.1, -0.05) is 15.9 Å². The lowest BCUT2D eigenvalue weighted by molar-refractivity contribution is -0.385. The van der Waals surface area contributed by atoms with E-state index in [0.29, 0.717) is 17.9 Å². The molecule has 0 N–H and O–H groups in total. The van der Waals surface area contributed by atoms with Gasteiger partial charge >= 0.3 is 0 Å². The van der Waals surface area contributed by atoms with Crippen LogP contribution in [0.3, 0.4) is 0 Å². The molecule has 0 saturated carbocycles. The van der Waals surface area contributed by atoms with E-state index in [4.69, 9.17) is 4.74 Å². The fourth-order valence-electron chi connectivity index (χ4n) is 1.49. The van der Waals surface area contributed by atoms with E-state index in [-0.39, 0.29) is 10.6 Å². The summed E-state index contributed by atoms with van der Waals surface area (Å²) in [7, 11) is 0. The van der Waals surface area contributed by atoms with E-state index in [1.165, 1.54) is 6.07 Å². The van der Waals surface area contributed by atoms with Crippen LogP contribution in [0.15, 0.2) is 18.2 Å². The number of halogens is 1. The first-order valence-corrected chi connectivity index (χ1v) is 6.71. The average Bonchev–Trinajstić information content (AvgIpc) is 2.28. The second-order valence-corrected chi connectivity index (χ2v) is 4.60. The highest BCUT2D eigenvalue weighted by Crippen LogP contribution is 2.23. The highest BCUT2D eigenvalue weighted by atomic mass is 79.9. The van der Waals surface area contributed by atoms with Gasteiger partial charge in [0.05, 0.1) is 11.5 Å². The number of ether oxygens (including phenoxy) is 1. The van der Waals surface area contributed by atoms with Crippen molar-refractivity contribution in [1.82, 2.24) is 0 Å².